The molecule has 3 fully saturated rings. The van der Waals surface area contributed by atoms with Crippen molar-refractivity contribution in [1.82, 2.24) is 9.88 Å². The van der Waals surface area contributed by atoms with Crippen LogP contribution in [-0.2, 0) is 9.53 Å². The van der Waals surface area contributed by atoms with E-state index >= 15 is 0 Å². The Morgan fingerprint density at radius 3 is 2.63 bits per heavy atom. The van der Waals surface area contributed by atoms with E-state index in [0.717, 1.165) is 54.7 Å². The van der Waals surface area contributed by atoms with E-state index in [2.05, 4.69) is 22.0 Å². The molecule has 2 bridgehead atoms. The smallest absolute Gasteiger partial charge is 0.339 e. The lowest BCUT2D eigenvalue weighted by atomic mass is 9.86. The number of piperidine rings is 3. The summed E-state index contributed by atoms with van der Waals surface area (Å²) in [6.45, 7) is 3.16. The van der Waals surface area contributed by atoms with Crippen molar-refractivity contribution in [3.05, 3.63) is 71.6 Å². The number of nitrogens with zero attached hydrogens (tertiary/aromatic N) is 2. The van der Waals surface area contributed by atoms with Gasteiger partial charge in [0.2, 0.25) is 0 Å². The van der Waals surface area contributed by atoms with Crippen molar-refractivity contribution in [3.63, 3.8) is 0 Å². The van der Waals surface area contributed by atoms with Crippen LogP contribution in [0.3, 0.4) is 0 Å². The maximum atomic E-state index is 13.0. The third-order valence-electron chi connectivity index (χ3n) is 5.91. The van der Waals surface area contributed by atoms with E-state index < -0.39 is 0 Å². The Balaban J connectivity index is 1.44. The van der Waals surface area contributed by atoms with Crippen molar-refractivity contribution >= 4 is 23.2 Å². The number of benzene rings is 1. The molecule has 3 saturated heterocycles. The molecule has 1 atom stereocenters. The van der Waals surface area contributed by atoms with Crippen LogP contribution in [0.5, 0.6) is 0 Å². The molecule has 1 aromatic carbocycles. The van der Waals surface area contributed by atoms with Gasteiger partial charge in [-0.05, 0) is 72.3 Å². The van der Waals surface area contributed by atoms with Crippen molar-refractivity contribution < 1.29 is 9.53 Å². The molecule has 0 unspecified atom stereocenters. The molecule has 0 amide bonds. The van der Waals surface area contributed by atoms with E-state index in [1.807, 2.05) is 42.6 Å². The first-order valence-corrected chi connectivity index (χ1v) is 9.64. The number of fused-ring (bicyclic) bond motifs is 4. The molecule has 27 heavy (non-hydrogen) atoms. The number of hydrogen-bond acceptors (Lipinski definition) is 4. The molecule has 0 N–H and O–H groups in total. The summed E-state index contributed by atoms with van der Waals surface area (Å²) in [4.78, 5) is 19.6. The lowest BCUT2D eigenvalue weighted by Crippen LogP contribution is -2.51. The Labute approximate surface area is 159 Å². The third-order valence-corrected chi connectivity index (χ3v) is 5.91. The average molecular weight is 358 g/mol. The molecule has 0 radical (unpaired) electrons. The first-order valence-electron chi connectivity index (χ1n) is 9.64. The van der Waals surface area contributed by atoms with Crippen LogP contribution in [-0.4, -0.2) is 41.6 Å². The fourth-order valence-corrected chi connectivity index (χ4v) is 4.46. The monoisotopic (exact) mass is 358 g/mol. The number of ether oxygens (including phenoxy) is 1. The van der Waals surface area contributed by atoms with E-state index in [1.165, 1.54) is 0 Å². The topological polar surface area (TPSA) is 42.4 Å². The summed E-state index contributed by atoms with van der Waals surface area (Å²) in [5.41, 5.74) is 4.74. The Kier molecular flexibility index (Phi) is 4.13. The molecular formula is C23H22N2O2. The van der Waals surface area contributed by atoms with Gasteiger partial charge in [-0.15, -0.1) is 0 Å². The zero-order valence-corrected chi connectivity index (χ0v) is 15.2. The standard InChI is InChI=1S/C23H22N2O2/c26-23(27-22-15-25-10-7-17(22)8-11-25)21-13-18(12-16-4-3-9-24-14-16)19-5-1-2-6-20(19)21/h1-6,9,12-14,17,22H,7-8,10-11,15H2/b18-12-/t22-/m0/s1. The second-order valence-corrected chi connectivity index (χ2v) is 7.57. The van der Waals surface area contributed by atoms with E-state index in [4.69, 9.17) is 4.74 Å². The lowest BCUT2D eigenvalue weighted by molar-refractivity contribution is -0.151. The SMILES string of the molecule is O=C(O[C@H]1CN2CCC1CC2)C1=C/C(=C/c2cccnc2)c2ccccc21. The van der Waals surface area contributed by atoms with Gasteiger partial charge in [-0.1, -0.05) is 30.3 Å². The van der Waals surface area contributed by atoms with Crippen LogP contribution < -0.4 is 0 Å². The van der Waals surface area contributed by atoms with E-state index in [-0.39, 0.29) is 12.1 Å². The predicted octanol–water partition coefficient (Wildman–Crippen LogP) is 3.66. The van der Waals surface area contributed by atoms with Crippen molar-refractivity contribution in [2.45, 2.75) is 18.9 Å². The van der Waals surface area contributed by atoms with Gasteiger partial charge in [0.05, 0.1) is 5.57 Å². The molecule has 1 aliphatic carbocycles. The van der Waals surface area contributed by atoms with Crippen LogP contribution in [0, 0.1) is 5.92 Å². The molecule has 136 valence electrons. The van der Waals surface area contributed by atoms with Crippen molar-refractivity contribution in [1.29, 1.82) is 0 Å². The molecule has 2 aromatic rings. The largest absolute Gasteiger partial charge is 0.457 e. The summed E-state index contributed by atoms with van der Waals surface area (Å²) in [6, 6.07) is 12.0. The van der Waals surface area contributed by atoms with Crippen LogP contribution in [0.1, 0.15) is 29.5 Å². The summed E-state index contributed by atoms with van der Waals surface area (Å²) in [5.74, 6) is 0.317. The van der Waals surface area contributed by atoms with Gasteiger partial charge in [0.1, 0.15) is 6.10 Å². The number of aromatic nitrogens is 1. The second-order valence-electron chi connectivity index (χ2n) is 7.57. The first-order chi connectivity index (χ1) is 13.3. The molecule has 4 heteroatoms. The average Bonchev–Trinajstić information content (AvgIpc) is 3.08. The Morgan fingerprint density at radius 2 is 1.93 bits per heavy atom. The Morgan fingerprint density at radius 1 is 1.11 bits per heavy atom. The highest BCUT2D eigenvalue weighted by atomic mass is 16.5. The maximum absolute atomic E-state index is 13.0. The van der Waals surface area contributed by atoms with Gasteiger partial charge < -0.3 is 4.74 Å². The quantitative estimate of drug-likeness (QED) is 0.786. The fourth-order valence-electron chi connectivity index (χ4n) is 4.46. The highest BCUT2D eigenvalue weighted by Gasteiger charge is 2.37. The third kappa shape index (κ3) is 3.10. The minimum Gasteiger partial charge on any atom is -0.457 e. The minimum atomic E-state index is -0.198. The number of rotatable bonds is 3. The zero-order valence-electron chi connectivity index (χ0n) is 15.2. The van der Waals surface area contributed by atoms with Crippen LogP contribution in [0.25, 0.3) is 17.2 Å². The normalized spacial score (nSPS) is 27.3. The fraction of sp³-hybridized carbons (Fsp3) is 0.304. The van der Waals surface area contributed by atoms with Gasteiger partial charge in [0, 0.05) is 18.9 Å². The molecule has 0 spiro atoms. The van der Waals surface area contributed by atoms with Gasteiger partial charge in [0.25, 0.3) is 0 Å². The molecule has 0 saturated carbocycles. The Bertz CT molecular complexity index is 924. The van der Waals surface area contributed by atoms with Crippen molar-refractivity contribution in [2.75, 3.05) is 19.6 Å². The number of hydrogen-bond donors (Lipinski definition) is 0. The predicted molar refractivity (Wildman–Crippen MR) is 106 cm³/mol. The molecule has 1 aromatic heterocycles. The summed E-state index contributed by atoms with van der Waals surface area (Å²) in [5, 5.41) is 0. The van der Waals surface area contributed by atoms with E-state index in [0.29, 0.717) is 11.5 Å². The molecule has 4 heterocycles. The summed E-state index contributed by atoms with van der Waals surface area (Å²) >= 11 is 0. The van der Waals surface area contributed by atoms with Crippen LogP contribution >= 0.6 is 0 Å². The van der Waals surface area contributed by atoms with Gasteiger partial charge in [-0.25, -0.2) is 4.79 Å². The zero-order chi connectivity index (χ0) is 18.2. The van der Waals surface area contributed by atoms with Gasteiger partial charge in [0.15, 0.2) is 0 Å². The number of allylic oxidation sites excluding steroid dienone is 2. The van der Waals surface area contributed by atoms with Crippen molar-refractivity contribution in [2.24, 2.45) is 5.92 Å². The second kappa shape index (κ2) is 6.78. The molecule has 4 aliphatic rings. The first kappa shape index (κ1) is 16.5. The summed E-state index contributed by atoms with van der Waals surface area (Å²) < 4.78 is 5.98. The Hall–Kier alpha value is -2.72. The summed E-state index contributed by atoms with van der Waals surface area (Å²) in [7, 11) is 0. The number of carbonyl (C=O) groups excluding carboxylic acids is 1. The van der Waals surface area contributed by atoms with Gasteiger partial charge >= 0.3 is 5.97 Å². The highest BCUT2D eigenvalue weighted by Crippen LogP contribution is 2.38. The molecule has 3 aliphatic heterocycles. The van der Waals surface area contributed by atoms with Gasteiger partial charge in [-0.3, -0.25) is 9.88 Å². The van der Waals surface area contributed by atoms with Crippen LogP contribution in [0.15, 0.2) is 54.9 Å². The minimum absolute atomic E-state index is 0.0272. The molecular weight excluding hydrogens is 336 g/mol. The molecule has 6 rings (SSSR count). The molecule has 4 nitrogen and oxygen atoms in total. The number of esters is 1. The summed E-state index contributed by atoms with van der Waals surface area (Å²) in [6.07, 6.45) is 9.92. The van der Waals surface area contributed by atoms with E-state index in [1.54, 1.807) is 6.20 Å². The van der Waals surface area contributed by atoms with Gasteiger partial charge in [-0.2, -0.15) is 0 Å². The van der Waals surface area contributed by atoms with Crippen molar-refractivity contribution in [3.8, 4) is 0 Å². The highest BCUT2D eigenvalue weighted by molar-refractivity contribution is 6.24. The lowest BCUT2D eigenvalue weighted by Gasteiger charge is -2.43. The number of pyridine rings is 1. The van der Waals surface area contributed by atoms with Crippen LogP contribution in [0.4, 0.5) is 0 Å². The van der Waals surface area contributed by atoms with Crippen LogP contribution in [0.2, 0.25) is 0 Å². The number of carbonyl (C=O) groups is 1. The maximum Gasteiger partial charge on any atom is 0.339 e. The van der Waals surface area contributed by atoms with E-state index in [9.17, 15) is 4.79 Å².